The molecular formula is C20H22ClN3O2S. The van der Waals surface area contributed by atoms with Gasteiger partial charge in [0.15, 0.2) is 4.96 Å². The number of nitrogens with zero attached hydrogens (tertiary/aromatic N) is 2. The zero-order chi connectivity index (χ0) is 18.8. The number of rotatable bonds is 5. The van der Waals surface area contributed by atoms with Gasteiger partial charge in [-0.2, -0.15) is 0 Å². The van der Waals surface area contributed by atoms with Gasteiger partial charge in [-0.3, -0.25) is 9.20 Å². The van der Waals surface area contributed by atoms with Crippen molar-refractivity contribution in [2.45, 2.75) is 44.6 Å². The van der Waals surface area contributed by atoms with Crippen LogP contribution in [0.2, 0.25) is 5.02 Å². The SMILES string of the molecule is COC(=O)Cc1csc2nc(-c3ccccc3Cl)c(NC3CCCCC3)n12. The van der Waals surface area contributed by atoms with E-state index in [0.29, 0.717) is 11.1 Å². The second-order valence-electron chi connectivity index (χ2n) is 6.87. The Bertz CT molecular complexity index is 959. The summed E-state index contributed by atoms with van der Waals surface area (Å²) in [5, 5.41) is 6.36. The van der Waals surface area contributed by atoms with Crippen molar-refractivity contribution in [1.82, 2.24) is 9.38 Å². The van der Waals surface area contributed by atoms with E-state index in [0.717, 1.165) is 40.6 Å². The van der Waals surface area contributed by atoms with Gasteiger partial charge in [-0.05, 0) is 18.9 Å². The van der Waals surface area contributed by atoms with Gasteiger partial charge < -0.3 is 10.1 Å². The molecule has 1 aromatic carbocycles. The van der Waals surface area contributed by atoms with E-state index in [9.17, 15) is 4.79 Å². The number of nitrogens with one attached hydrogen (secondary N) is 1. The number of hydrogen-bond donors (Lipinski definition) is 1. The molecule has 0 bridgehead atoms. The first-order chi connectivity index (χ1) is 13.2. The zero-order valence-electron chi connectivity index (χ0n) is 15.2. The molecule has 0 aliphatic heterocycles. The lowest BCUT2D eigenvalue weighted by atomic mass is 9.95. The Morgan fingerprint density at radius 3 is 2.85 bits per heavy atom. The van der Waals surface area contributed by atoms with Crippen molar-refractivity contribution in [3.63, 3.8) is 0 Å². The highest BCUT2D eigenvalue weighted by Crippen LogP contribution is 2.37. The van der Waals surface area contributed by atoms with E-state index in [1.54, 1.807) is 0 Å². The molecule has 1 fully saturated rings. The minimum atomic E-state index is -0.258. The first kappa shape index (κ1) is 18.3. The van der Waals surface area contributed by atoms with Crippen LogP contribution in [0.15, 0.2) is 29.6 Å². The molecule has 0 saturated heterocycles. The predicted molar refractivity (Wildman–Crippen MR) is 110 cm³/mol. The summed E-state index contributed by atoms with van der Waals surface area (Å²) in [5.74, 6) is 0.663. The smallest absolute Gasteiger partial charge is 0.311 e. The molecule has 4 rings (SSSR count). The molecule has 0 amide bonds. The number of carbonyl (C=O) groups excluding carboxylic acids is 1. The Balaban J connectivity index is 1.82. The molecule has 142 valence electrons. The number of esters is 1. The molecule has 0 radical (unpaired) electrons. The van der Waals surface area contributed by atoms with Crippen LogP contribution in [-0.4, -0.2) is 28.5 Å². The highest BCUT2D eigenvalue weighted by molar-refractivity contribution is 7.15. The van der Waals surface area contributed by atoms with Crippen molar-refractivity contribution in [1.29, 1.82) is 0 Å². The number of ether oxygens (including phenoxy) is 1. The van der Waals surface area contributed by atoms with Crippen LogP contribution < -0.4 is 5.32 Å². The number of imidazole rings is 1. The molecule has 0 unspecified atom stereocenters. The predicted octanol–water partition coefficient (Wildman–Crippen LogP) is 5.18. The topological polar surface area (TPSA) is 55.6 Å². The Morgan fingerprint density at radius 1 is 1.33 bits per heavy atom. The van der Waals surface area contributed by atoms with E-state index in [4.69, 9.17) is 21.3 Å². The second kappa shape index (κ2) is 7.90. The van der Waals surface area contributed by atoms with E-state index >= 15 is 0 Å². The summed E-state index contributed by atoms with van der Waals surface area (Å²) in [5.41, 5.74) is 2.62. The van der Waals surface area contributed by atoms with E-state index in [2.05, 4.69) is 9.72 Å². The van der Waals surface area contributed by atoms with Gasteiger partial charge in [0.05, 0.1) is 18.6 Å². The Morgan fingerprint density at radius 2 is 2.11 bits per heavy atom. The lowest BCUT2D eigenvalue weighted by Gasteiger charge is -2.24. The van der Waals surface area contributed by atoms with Crippen LogP contribution >= 0.6 is 22.9 Å². The number of methoxy groups -OCH3 is 1. The van der Waals surface area contributed by atoms with Crippen LogP contribution in [0.3, 0.4) is 0 Å². The lowest BCUT2D eigenvalue weighted by Crippen LogP contribution is -2.23. The maximum Gasteiger partial charge on any atom is 0.311 e. The lowest BCUT2D eigenvalue weighted by molar-refractivity contribution is -0.139. The van der Waals surface area contributed by atoms with Crippen LogP contribution in [0, 0.1) is 0 Å². The molecular weight excluding hydrogens is 382 g/mol. The number of halogens is 1. The Hall–Kier alpha value is -2.05. The third-order valence-electron chi connectivity index (χ3n) is 5.06. The standard InChI is InChI=1S/C20H22ClN3O2S/c1-26-17(25)11-14-12-27-20-23-18(15-9-5-6-10-16(15)21)19(24(14)20)22-13-7-3-2-4-8-13/h5-6,9-10,12-13,22H,2-4,7-8,11H2,1H3. The van der Waals surface area contributed by atoms with E-state index in [1.807, 2.05) is 29.6 Å². The molecule has 1 saturated carbocycles. The minimum Gasteiger partial charge on any atom is -0.469 e. The fraction of sp³-hybridized carbons (Fsp3) is 0.400. The molecule has 2 aromatic heterocycles. The van der Waals surface area contributed by atoms with Gasteiger partial charge >= 0.3 is 5.97 Å². The number of hydrogen-bond acceptors (Lipinski definition) is 5. The zero-order valence-corrected chi connectivity index (χ0v) is 16.8. The summed E-state index contributed by atoms with van der Waals surface area (Å²) in [4.78, 5) is 17.6. The average molecular weight is 404 g/mol. The third-order valence-corrected chi connectivity index (χ3v) is 6.27. The van der Waals surface area contributed by atoms with Gasteiger partial charge in [0.25, 0.3) is 0 Å². The largest absolute Gasteiger partial charge is 0.469 e. The number of fused-ring (bicyclic) bond motifs is 1. The van der Waals surface area contributed by atoms with Crippen LogP contribution in [0.1, 0.15) is 37.8 Å². The molecule has 1 aliphatic rings. The molecule has 1 N–H and O–H groups in total. The van der Waals surface area contributed by atoms with Gasteiger partial charge in [-0.25, -0.2) is 4.98 Å². The monoisotopic (exact) mass is 403 g/mol. The molecule has 0 atom stereocenters. The highest BCUT2D eigenvalue weighted by atomic mass is 35.5. The number of aromatic nitrogens is 2. The van der Waals surface area contributed by atoms with E-state index in [1.165, 1.54) is 37.7 Å². The number of thiazole rings is 1. The van der Waals surface area contributed by atoms with Gasteiger partial charge in [-0.15, -0.1) is 11.3 Å². The van der Waals surface area contributed by atoms with Gasteiger partial charge in [0.2, 0.25) is 0 Å². The molecule has 5 nitrogen and oxygen atoms in total. The summed E-state index contributed by atoms with van der Waals surface area (Å²) in [6.45, 7) is 0. The molecule has 1 aliphatic carbocycles. The fourth-order valence-corrected chi connectivity index (χ4v) is 4.79. The van der Waals surface area contributed by atoms with Crippen molar-refractivity contribution >= 4 is 39.7 Å². The minimum absolute atomic E-state index is 0.216. The van der Waals surface area contributed by atoms with E-state index in [-0.39, 0.29) is 12.4 Å². The summed E-state index contributed by atoms with van der Waals surface area (Å²) >= 11 is 7.99. The average Bonchev–Trinajstić information content (AvgIpc) is 3.23. The van der Waals surface area contributed by atoms with Crippen molar-refractivity contribution in [2.75, 3.05) is 12.4 Å². The Labute approximate surface area is 167 Å². The molecule has 27 heavy (non-hydrogen) atoms. The van der Waals surface area contributed by atoms with Gasteiger partial charge in [0.1, 0.15) is 11.5 Å². The summed E-state index contributed by atoms with van der Waals surface area (Å²) in [6.07, 6.45) is 6.27. The first-order valence-corrected chi connectivity index (χ1v) is 10.5. The fourth-order valence-electron chi connectivity index (χ4n) is 3.67. The second-order valence-corrected chi connectivity index (χ2v) is 8.11. The van der Waals surface area contributed by atoms with E-state index < -0.39 is 0 Å². The quantitative estimate of drug-likeness (QED) is 0.596. The summed E-state index contributed by atoms with van der Waals surface area (Å²) in [7, 11) is 1.41. The first-order valence-electron chi connectivity index (χ1n) is 9.24. The van der Waals surface area contributed by atoms with Crippen LogP contribution in [0.25, 0.3) is 16.2 Å². The maximum atomic E-state index is 11.9. The molecule has 3 aromatic rings. The third kappa shape index (κ3) is 3.69. The number of carbonyl (C=O) groups is 1. The van der Waals surface area contributed by atoms with Crippen molar-refractivity contribution < 1.29 is 9.53 Å². The molecule has 0 spiro atoms. The number of benzene rings is 1. The summed E-state index contributed by atoms with van der Waals surface area (Å²) in [6, 6.07) is 8.16. The normalized spacial score (nSPS) is 15.2. The van der Waals surface area contributed by atoms with Gasteiger partial charge in [0, 0.05) is 22.7 Å². The van der Waals surface area contributed by atoms with Crippen LogP contribution in [0.4, 0.5) is 5.82 Å². The van der Waals surface area contributed by atoms with Crippen LogP contribution in [-0.2, 0) is 16.0 Å². The molecule has 2 heterocycles. The van der Waals surface area contributed by atoms with Crippen molar-refractivity contribution in [3.8, 4) is 11.3 Å². The Kier molecular flexibility index (Phi) is 5.36. The summed E-state index contributed by atoms with van der Waals surface area (Å²) < 4.78 is 6.91. The van der Waals surface area contributed by atoms with Crippen molar-refractivity contribution in [2.24, 2.45) is 0 Å². The molecule has 7 heteroatoms. The number of anilines is 1. The van der Waals surface area contributed by atoms with Crippen LogP contribution in [0.5, 0.6) is 0 Å². The maximum absolute atomic E-state index is 11.9. The van der Waals surface area contributed by atoms with Crippen molar-refractivity contribution in [3.05, 3.63) is 40.4 Å². The van der Waals surface area contributed by atoms with Gasteiger partial charge in [-0.1, -0.05) is 49.1 Å². The highest BCUT2D eigenvalue weighted by Gasteiger charge is 2.23.